The van der Waals surface area contributed by atoms with E-state index in [2.05, 4.69) is 43.4 Å². The maximum absolute atomic E-state index is 14.4. The van der Waals surface area contributed by atoms with Crippen molar-refractivity contribution in [1.29, 1.82) is 0 Å². The average Bonchev–Trinajstić information content (AvgIpc) is 3.69. The third-order valence-electron chi connectivity index (χ3n) is 10.3. The molecule has 3 aromatic rings. The number of nitrogens with one attached hydrogen (secondary N) is 1. The minimum atomic E-state index is -3.56. The first-order valence-corrected chi connectivity index (χ1v) is 19.1. The summed E-state index contributed by atoms with van der Waals surface area (Å²) in [5.74, 6) is 1.14. The molecule has 2 fully saturated rings. The monoisotopic (exact) mass is 706 g/mol. The molecule has 260 valence electrons. The number of methoxy groups -OCH3 is 1. The van der Waals surface area contributed by atoms with Crippen molar-refractivity contribution in [3.63, 3.8) is 0 Å². The van der Waals surface area contributed by atoms with Gasteiger partial charge in [-0.3, -0.25) is 19.0 Å². The molecule has 2 aliphatic heterocycles. The normalized spacial score (nSPS) is 30.5. The Hall–Kier alpha value is -3.74. The number of fused-ring (bicyclic) bond motifs is 5. The number of halogens is 1. The number of hydrogen-bond acceptors (Lipinski definition) is 8. The Morgan fingerprint density at radius 3 is 2.78 bits per heavy atom. The van der Waals surface area contributed by atoms with Gasteiger partial charge >= 0.3 is 5.91 Å². The Balaban J connectivity index is 1.32. The smallest absolute Gasteiger partial charge is 0.305 e. The molecule has 4 aliphatic rings. The maximum atomic E-state index is 14.4. The molecule has 7 rings (SSSR count). The van der Waals surface area contributed by atoms with E-state index in [1.54, 1.807) is 26.3 Å². The molecule has 1 aromatic carbocycles. The predicted molar refractivity (Wildman–Crippen MR) is 188 cm³/mol. The minimum Gasteiger partial charge on any atom is -0.490 e. The van der Waals surface area contributed by atoms with Gasteiger partial charge in [0.2, 0.25) is 0 Å². The third-order valence-corrected chi connectivity index (χ3v) is 12.6. The Bertz CT molecular complexity index is 1900. The van der Waals surface area contributed by atoms with Gasteiger partial charge in [0.05, 0.1) is 30.2 Å². The molecule has 0 radical (unpaired) electrons. The molecule has 49 heavy (non-hydrogen) atoms. The van der Waals surface area contributed by atoms with Crippen LogP contribution in [0.4, 0.5) is 5.82 Å². The number of rotatable bonds is 3. The van der Waals surface area contributed by atoms with Crippen LogP contribution in [0.25, 0.3) is 0 Å². The van der Waals surface area contributed by atoms with Crippen molar-refractivity contribution in [1.82, 2.24) is 19.5 Å². The molecule has 0 spiro atoms. The van der Waals surface area contributed by atoms with E-state index in [1.807, 2.05) is 13.0 Å². The molecule has 2 aliphatic carbocycles. The third kappa shape index (κ3) is 7.41. The summed E-state index contributed by atoms with van der Waals surface area (Å²) in [5, 5.41) is 4.77. The van der Waals surface area contributed by atoms with Gasteiger partial charge in [0, 0.05) is 38.5 Å². The van der Waals surface area contributed by atoms with Crippen LogP contribution in [0.3, 0.4) is 0 Å². The number of nitrogens with zero attached hydrogens (tertiary/aromatic N) is 5. The molecule has 13 heteroatoms. The van der Waals surface area contributed by atoms with Crippen molar-refractivity contribution in [3.8, 4) is 5.75 Å². The minimum absolute atomic E-state index is 0.0271. The fourth-order valence-electron chi connectivity index (χ4n) is 7.50. The van der Waals surface area contributed by atoms with Crippen LogP contribution in [0.2, 0.25) is 5.02 Å². The molecule has 2 saturated carbocycles. The summed E-state index contributed by atoms with van der Waals surface area (Å²) in [6, 6.07) is 9.48. The Labute approximate surface area is 292 Å². The largest absolute Gasteiger partial charge is 0.490 e. The van der Waals surface area contributed by atoms with E-state index in [4.69, 9.17) is 26.1 Å². The van der Waals surface area contributed by atoms with Gasteiger partial charge < -0.3 is 14.4 Å². The lowest BCUT2D eigenvalue weighted by Crippen LogP contribution is -2.43. The summed E-state index contributed by atoms with van der Waals surface area (Å²) < 4.78 is 35.1. The van der Waals surface area contributed by atoms with Gasteiger partial charge in [0.25, 0.3) is 5.91 Å². The second-order valence-corrected chi connectivity index (χ2v) is 16.4. The molecule has 2 bridgehead atoms. The second-order valence-electron chi connectivity index (χ2n) is 14.0. The molecule has 2 aromatic heterocycles. The van der Waals surface area contributed by atoms with Crippen LogP contribution in [-0.4, -0.2) is 62.9 Å². The Morgan fingerprint density at radius 1 is 1.16 bits per heavy atom. The van der Waals surface area contributed by atoms with Gasteiger partial charge in [-0.15, -0.1) is 4.36 Å². The lowest BCUT2D eigenvalue weighted by molar-refractivity contribution is 0.0133. The van der Waals surface area contributed by atoms with Gasteiger partial charge in [-0.2, -0.15) is 5.10 Å². The van der Waals surface area contributed by atoms with E-state index < -0.39 is 21.7 Å². The van der Waals surface area contributed by atoms with Crippen LogP contribution in [0.1, 0.15) is 76.9 Å². The van der Waals surface area contributed by atoms with E-state index in [9.17, 15) is 13.8 Å². The number of aromatic nitrogens is 3. The Morgan fingerprint density at radius 2 is 2.02 bits per heavy atom. The van der Waals surface area contributed by atoms with E-state index >= 15 is 0 Å². The molecule has 0 saturated heterocycles. The number of aryl methyl sites for hydroxylation is 1. The molecule has 2 amide bonds. The van der Waals surface area contributed by atoms with E-state index in [-0.39, 0.29) is 29.0 Å². The molecular weight excluding hydrogens is 664 g/mol. The van der Waals surface area contributed by atoms with Crippen LogP contribution in [-0.2, 0) is 28.2 Å². The lowest BCUT2D eigenvalue weighted by Gasteiger charge is -2.43. The highest BCUT2D eigenvalue weighted by atomic mass is 35.5. The highest BCUT2D eigenvalue weighted by Crippen LogP contribution is 2.52. The number of pyridine rings is 1. The van der Waals surface area contributed by atoms with E-state index in [0.29, 0.717) is 61.4 Å². The topological polar surface area (TPSA) is 128 Å². The zero-order chi connectivity index (χ0) is 34.3. The van der Waals surface area contributed by atoms with Crippen molar-refractivity contribution in [2.75, 3.05) is 30.9 Å². The number of anilines is 1. The predicted octanol–water partition coefficient (Wildman–Crippen LogP) is 5.95. The molecule has 11 nitrogen and oxygen atoms in total. The van der Waals surface area contributed by atoms with Crippen molar-refractivity contribution in [2.45, 2.75) is 57.6 Å². The summed E-state index contributed by atoms with van der Waals surface area (Å²) in [5.41, 5.74) is 2.69. The first-order chi connectivity index (χ1) is 23.6. The number of benzene rings is 1. The van der Waals surface area contributed by atoms with Crippen molar-refractivity contribution >= 4 is 39.1 Å². The van der Waals surface area contributed by atoms with Gasteiger partial charge in [0.15, 0.2) is 11.6 Å². The first-order valence-electron chi connectivity index (χ1n) is 17.1. The zero-order valence-corrected chi connectivity index (χ0v) is 29.7. The summed E-state index contributed by atoms with van der Waals surface area (Å²) in [4.78, 5) is 34.2. The SMILES string of the molecule is CO[C@H]1/C=C/C[C@H](C)C[S@@](=O)(NC(=O)c2cnn(C)c2)=NC(=O)c2ccc3c(n2)N(Cc2ccc(Cl)cc2[C@H]2C[C@H]2CCO3)C[C@@H]2CC[C@H]21. The van der Waals surface area contributed by atoms with Crippen LogP contribution in [0, 0.1) is 23.7 Å². The number of amides is 2. The second kappa shape index (κ2) is 13.9. The standard InChI is InChI=1S/C36H43ClN6O5S/c1-22-5-4-6-32(47-3)28-10-8-24(28)19-43-20-25-7-9-27(37)16-30(25)29-15-23(29)13-14-48-33-12-11-31(39-34(33)43)36(45)41-49(46,21-22)40-35(44)26-17-38-42(2)18-26/h4,6-7,9,11-12,16-18,22-24,28-29,32H,5,8,10,13-15,19-21H2,1-3H3,(H,40,41,44,45,46)/b6-4+/t22-,23+,24-,28+,29-,32-,49+/m0/s1. The van der Waals surface area contributed by atoms with Crippen molar-refractivity contribution in [3.05, 3.63) is 82.3 Å². The summed E-state index contributed by atoms with van der Waals surface area (Å²) >= 11 is 6.52. The van der Waals surface area contributed by atoms with E-state index in [1.165, 1.54) is 28.2 Å². The van der Waals surface area contributed by atoms with Gasteiger partial charge in [-0.25, -0.2) is 9.19 Å². The number of ether oxygens (including phenoxy) is 2. The summed E-state index contributed by atoms with van der Waals surface area (Å²) in [6.07, 6.45) is 11.6. The number of carbonyl (C=O) groups is 2. The summed E-state index contributed by atoms with van der Waals surface area (Å²) in [6.45, 7) is 3.69. The fourth-order valence-corrected chi connectivity index (χ4v) is 9.57. The number of allylic oxidation sites excluding steroid dienone is 1. The number of carbonyl (C=O) groups excluding carboxylic acids is 2. The zero-order valence-electron chi connectivity index (χ0n) is 28.1. The van der Waals surface area contributed by atoms with Gasteiger partial charge in [0.1, 0.15) is 15.6 Å². The van der Waals surface area contributed by atoms with Gasteiger partial charge in [-0.1, -0.05) is 36.7 Å². The van der Waals surface area contributed by atoms with Crippen LogP contribution in [0.5, 0.6) is 5.75 Å². The molecule has 0 unspecified atom stereocenters. The molecular formula is C36H43ClN6O5S. The summed E-state index contributed by atoms with van der Waals surface area (Å²) in [7, 11) is -0.133. The molecule has 7 atom stereocenters. The van der Waals surface area contributed by atoms with Crippen LogP contribution >= 0.6 is 11.6 Å². The molecule has 4 heterocycles. The van der Waals surface area contributed by atoms with Crippen molar-refractivity contribution in [2.24, 2.45) is 35.1 Å². The van der Waals surface area contributed by atoms with Crippen LogP contribution < -0.4 is 14.4 Å². The Kier molecular flexibility index (Phi) is 9.56. The van der Waals surface area contributed by atoms with Crippen molar-refractivity contribution < 1.29 is 23.3 Å². The maximum Gasteiger partial charge on any atom is 0.305 e. The quantitative estimate of drug-likeness (QED) is 0.331. The molecule has 1 N–H and O–H groups in total. The van der Waals surface area contributed by atoms with Crippen LogP contribution in [0.15, 0.2) is 59.2 Å². The highest BCUT2D eigenvalue weighted by molar-refractivity contribution is 7.92. The van der Waals surface area contributed by atoms with Gasteiger partial charge in [-0.05, 0) is 97.1 Å². The first kappa shape index (κ1) is 33.7. The lowest BCUT2D eigenvalue weighted by atomic mass is 9.70. The highest BCUT2D eigenvalue weighted by Gasteiger charge is 2.41. The average molecular weight is 707 g/mol. The fraction of sp³-hybridized carbons (Fsp3) is 0.500. The number of hydrogen-bond donors (Lipinski definition) is 1. The van der Waals surface area contributed by atoms with E-state index in [0.717, 1.165) is 30.7 Å².